The van der Waals surface area contributed by atoms with Crippen LogP contribution in [0.1, 0.15) is 44.2 Å². The van der Waals surface area contributed by atoms with Gasteiger partial charge in [0.1, 0.15) is 0 Å². The van der Waals surface area contributed by atoms with Crippen molar-refractivity contribution in [1.29, 1.82) is 0 Å². The lowest BCUT2D eigenvalue weighted by Crippen LogP contribution is -2.25. The van der Waals surface area contributed by atoms with Crippen molar-refractivity contribution in [2.24, 2.45) is 0 Å². The van der Waals surface area contributed by atoms with Crippen molar-refractivity contribution in [2.45, 2.75) is 19.3 Å². The van der Waals surface area contributed by atoms with E-state index >= 15 is 0 Å². The van der Waals surface area contributed by atoms with E-state index in [0.717, 1.165) is 11.1 Å². The molecule has 19 heavy (non-hydrogen) atoms. The monoisotopic (exact) mass is 250 g/mol. The topological polar surface area (TPSA) is 34.1 Å². The zero-order valence-corrected chi connectivity index (χ0v) is 10.7. The molecular formula is C17H14O2. The van der Waals surface area contributed by atoms with Crippen LogP contribution in [0.25, 0.3) is 0 Å². The molecule has 2 nitrogen and oxygen atoms in total. The molecule has 1 unspecified atom stereocenters. The fraction of sp³-hybridized carbons (Fsp3) is 0.176. The van der Waals surface area contributed by atoms with E-state index in [1.807, 2.05) is 49.4 Å². The predicted octanol–water partition coefficient (Wildman–Crippen LogP) is 3.55. The number of carbonyl (C=O) groups excluding carboxylic acids is 2. The van der Waals surface area contributed by atoms with Gasteiger partial charge in [-0.2, -0.15) is 0 Å². The van der Waals surface area contributed by atoms with Gasteiger partial charge in [0.2, 0.25) is 0 Å². The number of benzene rings is 2. The van der Waals surface area contributed by atoms with Gasteiger partial charge >= 0.3 is 0 Å². The molecule has 0 aromatic heterocycles. The standard InChI is InChI=1S/C17H14O2/c1-11-7-8-13-15(9-11)16(18)10-14(17(13)19)12-5-3-2-4-6-12/h2-9,14H,10H2,1H3. The van der Waals surface area contributed by atoms with Gasteiger partial charge in [-0.05, 0) is 18.6 Å². The van der Waals surface area contributed by atoms with Crippen molar-refractivity contribution < 1.29 is 9.59 Å². The van der Waals surface area contributed by atoms with Gasteiger partial charge < -0.3 is 0 Å². The lowest BCUT2D eigenvalue weighted by Gasteiger charge is -2.23. The molecule has 2 aromatic rings. The highest BCUT2D eigenvalue weighted by atomic mass is 16.1. The molecule has 2 aromatic carbocycles. The Hall–Kier alpha value is -2.22. The van der Waals surface area contributed by atoms with E-state index in [9.17, 15) is 9.59 Å². The summed E-state index contributed by atoms with van der Waals surface area (Å²) < 4.78 is 0. The molecule has 1 aliphatic rings. The van der Waals surface area contributed by atoms with Gasteiger partial charge in [0.15, 0.2) is 11.6 Å². The van der Waals surface area contributed by atoms with Crippen LogP contribution in [0.4, 0.5) is 0 Å². The number of fused-ring (bicyclic) bond motifs is 1. The minimum absolute atomic E-state index is 0.0563. The lowest BCUT2D eigenvalue weighted by molar-refractivity contribution is 0.0865. The molecule has 0 N–H and O–H groups in total. The first-order chi connectivity index (χ1) is 9.16. The van der Waals surface area contributed by atoms with Crippen LogP contribution in [0.15, 0.2) is 48.5 Å². The largest absolute Gasteiger partial charge is 0.294 e. The van der Waals surface area contributed by atoms with Crippen LogP contribution in [-0.4, -0.2) is 11.6 Å². The SMILES string of the molecule is Cc1ccc2c(c1)C(=O)CC(c1ccccc1)C2=O. The van der Waals surface area contributed by atoms with E-state index < -0.39 is 0 Å². The Morgan fingerprint density at radius 2 is 1.68 bits per heavy atom. The number of aryl methyl sites for hydroxylation is 1. The van der Waals surface area contributed by atoms with Gasteiger partial charge in [-0.15, -0.1) is 0 Å². The van der Waals surface area contributed by atoms with Crippen molar-refractivity contribution in [1.82, 2.24) is 0 Å². The van der Waals surface area contributed by atoms with Crippen LogP contribution < -0.4 is 0 Å². The van der Waals surface area contributed by atoms with Gasteiger partial charge in [-0.3, -0.25) is 9.59 Å². The third kappa shape index (κ3) is 1.99. The molecule has 0 saturated heterocycles. The fourth-order valence-electron chi connectivity index (χ4n) is 2.63. The third-order valence-corrected chi connectivity index (χ3v) is 3.65. The summed E-state index contributed by atoms with van der Waals surface area (Å²) in [6, 6.07) is 15.0. The van der Waals surface area contributed by atoms with Crippen molar-refractivity contribution in [3.63, 3.8) is 0 Å². The van der Waals surface area contributed by atoms with Crippen molar-refractivity contribution in [2.75, 3.05) is 0 Å². The number of carbonyl (C=O) groups is 2. The van der Waals surface area contributed by atoms with Crippen molar-refractivity contribution in [3.8, 4) is 0 Å². The summed E-state index contributed by atoms with van der Waals surface area (Å²) in [6.07, 6.45) is 0.277. The van der Waals surface area contributed by atoms with Gasteiger partial charge in [0.25, 0.3) is 0 Å². The van der Waals surface area contributed by atoms with Gasteiger partial charge in [0, 0.05) is 17.5 Å². The van der Waals surface area contributed by atoms with Gasteiger partial charge in [-0.25, -0.2) is 0 Å². The van der Waals surface area contributed by atoms with Crippen molar-refractivity contribution >= 4 is 11.6 Å². The molecule has 0 bridgehead atoms. The van der Waals surface area contributed by atoms with E-state index in [4.69, 9.17) is 0 Å². The molecule has 0 heterocycles. The molecule has 0 saturated carbocycles. The maximum absolute atomic E-state index is 12.5. The molecule has 2 heteroatoms. The van der Waals surface area contributed by atoms with Crippen LogP contribution in [0.5, 0.6) is 0 Å². The minimum atomic E-state index is -0.330. The molecule has 1 aliphatic carbocycles. The summed E-state index contributed by atoms with van der Waals surface area (Å²) in [5, 5.41) is 0. The number of rotatable bonds is 1. The highest BCUT2D eigenvalue weighted by molar-refractivity contribution is 6.16. The Balaban J connectivity index is 2.08. The normalized spacial score (nSPS) is 18.3. The van der Waals surface area contributed by atoms with E-state index in [2.05, 4.69) is 0 Å². The number of hydrogen-bond donors (Lipinski definition) is 0. The zero-order chi connectivity index (χ0) is 13.4. The van der Waals surface area contributed by atoms with Crippen LogP contribution in [0.3, 0.4) is 0 Å². The van der Waals surface area contributed by atoms with Crippen LogP contribution in [-0.2, 0) is 0 Å². The minimum Gasteiger partial charge on any atom is -0.294 e. The predicted molar refractivity (Wildman–Crippen MR) is 73.6 cm³/mol. The third-order valence-electron chi connectivity index (χ3n) is 3.65. The highest BCUT2D eigenvalue weighted by Gasteiger charge is 2.33. The second kappa shape index (κ2) is 4.47. The van der Waals surface area contributed by atoms with Crippen molar-refractivity contribution in [3.05, 3.63) is 70.8 Å². The highest BCUT2D eigenvalue weighted by Crippen LogP contribution is 2.32. The first-order valence-electron chi connectivity index (χ1n) is 6.40. The quantitative estimate of drug-likeness (QED) is 0.775. The summed E-state index contributed by atoms with van der Waals surface area (Å²) in [5.41, 5.74) is 3.08. The zero-order valence-electron chi connectivity index (χ0n) is 10.7. The average Bonchev–Trinajstić information content (AvgIpc) is 2.43. The summed E-state index contributed by atoms with van der Waals surface area (Å²) in [6.45, 7) is 1.93. The van der Waals surface area contributed by atoms with Gasteiger partial charge in [0.05, 0.1) is 5.92 Å². The molecule has 1 atom stereocenters. The first kappa shape index (κ1) is 11.8. The molecule has 0 aliphatic heterocycles. The van der Waals surface area contributed by atoms with Crippen LogP contribution in [0.2, 0.25) is 0 Å². The Bertz CT molecular complexity index is 656. The Morgan fingerprint density at radius 1 is 0.947 bits per heavy atom. The Kier molecular flexibility index (Phi) is 2.79. The maximum Gasteiger partial charge on any atom is 0.171 e. The van der Waals surface area contributed by atoms with E-state index in [1.165, 1.54) is 0 Å². The summed E-state index contributed by atoms with van der Waals surface area (Å²) >= 11 is 0. The fourth-order valence-corrected chi connectivity index (χ4v) is 2.63. The molecule has 0 spiro atoms. The maximum atomic E-state index is 12.5. The smallest absolute Gasteiger partial charge is 0.171 e. The molecule has 0 amide bonds. The second-order valence-electron chi connectivity index (χ2n) is 5.00. The summed E-state index contributed by atoms with van der Waals surface area (Å²) in [5.74, 6) is -0.211. The average molecular weight is 250 g/mol. The summed E-state index contributed by atoms with van der Waals surface area (Å²) in [7, 11) is 0. The van der Waals surface area contributed by atoms with E-state index in [-0.39, 0.29) is 23.9 Å². The summed E-state index contributed by atoms with van der Waals surface area (Å²) in [4.78, 5) is 24.7. The molecular weight excluding hydrogens is 236 g/mol. The Labute approximate surface area is 112 Å². The second-order valence-corrected chi connectivity index (χ2v) is 5.00. The molecule has 3 rings (SSSR count). The number of hydrogen-bond acceptors (Lipinski definition) is 2. The number of Topliss-reactive ketones (excluding diaryl/α,β-unsaturated/α-hetero) is 2. The first-order valence-corrected chi connectivity index (χ1v) is 6.40. The lowest BCUT2D eigenvalue weighted by atomic mass is 9.78. The van der Waals surface area contributed by atoms with Crippen LogP contribution in [0, 0.1) is 6.92 Å². The Morgan fingerprint density at radius 3 is 2.42 bits per heavy atom. The number of ketones is 2. The molecule has 0 fully saturated rings. The van der Waals surface area contributed by atoms with Gasteiger partial charge in [-0.1, -0.05) is 48.0 Å². The van der Waals surface area contributed by atoms with E-state index in [0.29, 0.717) is 11.1 Å². The molecule has 94 valence electrons. The van der Waals surface area contributed by atoms with Crippen LogP contribution >= 0.6 is 0 Å². The molecule has 0 radical (unpaired) electrons. The van der Waals surface area contributed by atoms with E-state index in [1.54, 1.807) is 6.07 Å².